The molecule has 0 aliphatic heterocycles. The molecular formula is C15H23FN2OS. The highest BCUT2D eigenvalue weighted by molar-refractivity contribution is 7.98. The highest BCUT2D eigenvalue weighted by Gasteiger charge is 2.21. The number of amides is 1. The van der Waals surface area contributed by atoms with Crippen LogP contribution in [0.5, 0.6) is 0 Å². The van der Waals surface area contributed by atoms with Crippen LogP contribution in [0.4, 0.5) is 4.39 Å². The van der Waals surface area contributed by atoms with Crippen molar-refractivity contribution >= 4 is 17.7 Å². The molecule has 0 bridgehead atoms. The Bertz CT molecular complexity index is 422. The van der Waals surface area contributed by atoms with Crippen LogP contribution in [-0.4, -0.2) is 24.0 Å². The lowest BCUT2D eigenvalue weighted by atomic mass is 9.95. The van der Waals surface area contributed by atoms with E-state index >= 15 is 0 Å². The molecule has 0 saturated heterocycles. The predicted molar refractivity (Wildman–Crippen MR) is 83.1 cm³/mol. The van der Waals surface area contributed by atoms with E-state index in [0.29, 0.717) is 6.42 Å². The van der Waals surface area contributed by atoms with Crippen molar-refractivity contribution in [3.63, 3.8) is 0 Å². The van der Waals surface area contributed by atoms with Crippen LogP contribution in [0.15, 0.2) is 24.3 Å². The van der Waals surface area contributed by atoms with Gasteiger partial charge in [0, 0.05) is 0 Å². The molecule has 1 rings (SSSR count). The summed E-state index contributed by atoms with van der Waals surface area (Å²) in [5.74, 6) is 0.635. The summed E-state index contributed by atoms with van der Waals surface area (Å²) in [6.07, 6.45) is 2.64. The fraction of sp³-hybridized carbons (Fsp3) is 0.533. The third-order valence-corrected chi connectivity index (χ3v) is 3.81. The summed E-state index contributed by atoms with van der Waals surface area (Å²) in [6, 6.07) is 5.57. The van der Waals surface area contributed by atoms with Gasteiger partial charge in [-0.25, -0.2) is 4.39 Å². The number of halogens is 1. The monoisotopic (exact) mass is 298 g/mol. The molecule has 3 nitrogen and oxygen atoms in total. The summed E-state index contributed by atoms with van der Waals surface area (Å²) in [6.45, 7) is 4.03. The first kappa shape index (κ1) is 17.0. The number of carbonyl (C=O) groups excluding carboxylic acids is 1. The zero-order valence-corrected chi connectivity index (χ0v) is 13.0. The first-order chi connectivity index (χ1) is 9.45. The van der Waals surface area contributed by atoms with Crippen LogP contribution in [0.1, 0.15) is 31.9 Å². The fourth-order valence-corrected chi connectivity index (χ4v) is 2.43. The first-order valence-corrected chi connectivity index (χ1v) is 8.15. The van der Waals surface area contributed by atoms with Gasteiger partial charge in [0.2, 0.25) is 5.91 Å². The van der Waals surface area contributed by atoms with Crippen LogP contribution in [0.25, 0.3) is 0 Å². The van der Waals surface area contributed by atoms with E-state index in [9.17, 15) is 9.18 Å². The molecule has 0 saturated carbocycles. The van der Waals surface area contributed by atoms with Gasteiger partial charge in [-0.3, -0.25) is 4.79 Å². The van der Waals surface area contributed by atoms with E-state index in [2.05, 4.69) is 5.32 Å². The molecule has 112 valence electrons. The molecule has 1 unspecified atom stereocenters. The normalized spacial score (nSPS) is 14.1. The summed E-state index contributed by atoms with van der Waals surface area (Å²) < 4.78 is 13.0. The first-order valence-electron chi connectivity index (χ1n) is 6.76. The minimum Gasteiger partial charge on any atom is -0.348 e. The lowest BCUT2D eigenvalue weighted by Crippen LogP contribution is -2.43. The summed E-state index contributed by atoms with van der Waals surface area (Å²) in [5, 5.41) is 2.97. The standard InChI is InChI=1S/C15H23FN2OS/c1-10(2)14(11-4-6-12(16)7-5-11)18-15(19)13(17)8-9-20-3/h4-7,10,13-14H,8-9,17H2,1-3H3,(H,18,19)/t13-,14?/m1/s1. The highest BCUT2D eigenvalue weighted by Crippen LogP contribution is 2.22. The Morgan fingerprint density at radius 3 is 2.45 bits per heavy atom. The zero-order valence-electron chi connectivity index (χ0n) is 12.2. The molecule has 0 spiro atoms. The molecule has 0 aliphatic rings. The van der Waals surface area contributed by atoms with Crippen LogP contribution in [0.3, 0.4) is 0 Å². The summed E-state index contributed by atoms with van der Waals surface area (Å²) in [5.41, 5.74) is 6.76. The van der Waals surface area contributed by atoms with Gasteiger partial charge in [0.15, 0.2) is 0 Å². The topological polar surface area (TPSA) is 55.1 Å². The Labute approximate surface area is 124 Å². The van der Waals surface area contributed by atoms with E-state index in [-0.39, 0.29) is 23.7 Å². The van der Waals surface area contributed by atoms with E-state index in [0.717, 1.165) is 11.3 Å². The van der Waals surface area contributed by atoms with Gasteiger partial charge in [-0.2, -0.15) is 11.8 Å². The van der Waals surface area contributed by atoms with E-state index < -0.39 is 6.04 Å². The maximum Gasteiger partial charge on any atom is 0.237 e. The molecule has 1 aromatic rings. The molecule has 5 heteroatoms. The van der Waals surface area contributed by atoms with E-state index in [1.54, 1.807) is 23.9 Å². The SMILES string of the molecule is CSCC[C@@H](N)C(=O)NC(c1ccc(F)cc1)C(C)C. The number of nitrogens with one attached hydrogen (secondary N) is 1. The number of thioether (sulfide) groups is 1. The summed E-state index contributed by atoms with van der Waals surface area (Å²) in [4.78, 5) is 12.1. The lowest BCUT2D eigenvalue weighted by Gasteiger charge is -2.24. The van der Waals surface area contributed by atoms with Crippen molar-refractivity contribution in [1.29, 1.82) is 0 Å². The molecule has 0 aromatic heterocycles. The maximum atomic E-state index is 13.0. The van der Waals surface area contributed by atoms with E-state index in [4.69, 9.17) is 5.73 Å². The molecule has 0 fully saturated rings. The predicted octanol–water partition coefficient (Wildman–Crippen LogP) is 2.72. The second kappa shape index (κ2) is 8.27. The number of hydrogen-bond donors (Lipinski definition) is 2. The molecular weight excluding hydrogens is 275 g/mol. The van der Waals surface area contributed by atoms with E-state index in [1.807, 2.05) is 20.1 Å². The van der Waals surface area contributed by atoms with Crippen LogP contribution in [0, 0.1) is 11.7 Å². The third kappa shape index (κ3) is 5.13. The quantitative estimate of drug-likeness (QED) is 0.814. The zero-order chi connectivity index (χ0) is 15.1. The second-order valence-corrected chi connectivity index (χ2v) is 6.16. The molecule has 3 N–H and O–H groups in total. The van der Waals surface area contributed by atoms with Crippen molar-refractivity contribution in [1.82, 2.24) is 5.32 Å². The van der Waals surface area contributed by atoms with Crippen LogP contribution in [0.2, 0.25) is 0 Å². The van der Waals surface area contributed by atoms with Crippen molar-refractivity contribution in [3.8, 4) is 0 Å². The van der Waals surface area contributed by atoms with Gasteiger partial charge in [-0.15, -0.1) is 0 Å². The third-order valence-electron chi connectivity index (χ3n) is 3.16. The molecule has 0 heterocycles. The van der Waals surface area contributed by atoms with Gasteiger partial charge in [0.05, 0.1) is 12.1 Å². The smallest absolute Gasteiger partial charge is 0.237 e. The number of nitrogens with two attached hydrogens (primary N) is 1. The van der Waals surface area contributed by atoms with Crippen molar-refractivity contribution in [2.24, 2.45) is 11.7 Å². The fourth-order valence-electron chi connectivity index (χ4n) is 1.94. The summed E-state index contributed by atoms with van der Waals surface area (Å²) >= 11 is 1.67. The second-order valence-electron chi connectivity index (χ2n) is 5.17. The maximum absolute atomic E-state index is 13.0. The number of hydrogen-bond acceptors (Lipinski definition) is 3. The van der Waals surface area contributed by atoms with E-state index in [1.165, 1.54) is 12.1 Å². The van der Waals surface area contributed by atoms with Gasteiger partial charge in [0.1, 0.15) is 5.82 Å². The Balaban J connectivity index is 2.72. The van der Waals surface area contributed by atoms with Gasteiger partial charge in [-0.05, 0) is 42.0 Å². The van der Waals surface area contributed by atoms with Crippen molar-refractivity contribution in [2.75, 3.05) is 12.0 Å². The Morgan fingerprint density at radius 2 is 1.95 bits per heavy atom. The lowest BCUT2D eigenvalue weighted by molar-refractivity contribution is -0.123. The number of carbonyl (C=O) groups is 1. The molecule has 1 amide bonds. The molecule has 0 aliphatic carbocycles. The molecule has 2 atom stereocenters. The van der Waals surface area contributed by atoms with Crippen molar-refractivity contribution in [3.05, 3.63) is 35.6 Å². The van der Waals surface area contributed by atoms with Gasteiger partial charge < -0.3 is 11.1 Å². The minimum atomic E-state index is -0.496. The Kier molecular flexibility index (Phi) is 7.02. The molecule has 20 heavy (non-hydrogen) atoms. The average Bonchev–Trinajstić information content (AvgIpc) is 2.42. The Hall–Kier alpha value is -1.07. The largest absolute Gasteiger partial charge is 0.348 e. The number of rotatable bonds is 7. The van der Waals surface area contributed by atoms with Gasteiger partial charge in [-0.1, -0.05) is 26.0 Å². The van der Waals surface area contributed by atoms with Gasteiger partial charge in [0.25, 0.3) is 0 Å². The average molecular weight is 298 g/mol. The minimum absolute atomic E-state index is 0.150. The summed E-state index contributed by atoms with van der Waals surface area (Å²) in [7, 11) is 0. The van der Waals surface area contributed by atoms with Crippen molar-refractivity contribution < 1.29 is 9.18 Å². The molecule has 1 aromatic carbocycles. The highest BCUT2D eigenvalue weighted by atomic mass is 32.2. The van der Waals surface area contributed by atoms with Crippen LogP contribution >= 0.6 is 11.8 Å². The van der Waals surface area contributed by atoms with Gasteiger partial charge >= 0.3 is 0 Å². The van der Waals surface area contributed by atoms with Crippen molar-refractivity contribution in [2.45, 2.75) is 32.4 Å². The Morgan fingerprint density at radius 1 is 1.35 bits per heavy atom. The molecule has 0 radical (unpaired) electrons. The number of benzene rings is 1. The van der Waals surface area contributed by atoms with Crippen LogP contribution < -0.4 is 11.1 Å². The van der Waals surface area contributed by atoms with Crippen LogP contribution in [-0.2, 0) is 4.79 Å².